The van der Waals surface area contributed by atoms with Crippen LogP contribution >= 0.6 is 11.3 Å². The maximum Gasteiger partial charge on any atom is 0.490 e. The number of aliphatic carboxylic acids is 1. The largest absolute Gasteiger partial charge is 0.490 e. The van der Waals surface area contributed by atoms with Gasteiger partial charge in [0.15, 0.2) is 0 Å². The molecule has 0 saturated carbocycles. The summed E-state index contributed by atoms with van der Waals surface area (Å²) in [6, 6.07) is 4.37. The summed E-state index contributed by atoms with van der Waals surface area (Å²) in [5, 5.41) is 9.81. The number of nitrogens with zero attached hydrogens (tertiary/aromatic N) is 3. The normalized spacial score (nSPS) is 16.7. The van der Waals surface area contributed by atoms with Crippen molar-refractivity contribution in [1.29, 1.82) is 0 Å². The van der Waals surface area contributed by atoms with Crippen LogP contribution in [-0.2, 0) is 4.79 Å². The first-order valence-corrected chi connectivity index (χ1v) is 10.1. The van der Waals surface area contributed by atoms with Crippen LogP contribution in [0.1, 0.15) is 46.6 Å². The summed E-state index contributed by atoms with van der Waals surface area (Å²) in [4.78, 5) is 35.6. The lowest BCUT2D eigenvalue weighted by Crippen LogP contribution is -2.39. The molecule has 1 unspecified atom stereocenters. The number of thiazole rings is 1. The number of carbonyl (C=O) groups excluding carboxylic acids is 1. The maximum absolute atomic E-state index is 13.4. The number of fused-ring (bicyclic) bond motifs is 1. The van der Waals surface area contributed by atoms with Gasteiger partial charge in [-0.05, 0) is 44.4 Å². The van der Waals surface area contributed by atoms with Gasteiger partial charge >= 0.3 is 12.1 Å². The van der Waals surface area contributed by atoms with Gasteiger partial charge in [0.2, 0.25) is 0 Å². The van der Waals surface area contributed by atoms with Gasteiger partial charge in [-0.15, -0.1) is 11.3 Å². The van der Waals surface area contributed by atoms with Gasteiger partial charge in [-0.25, -0.2) is 19.2 Å². The van der Waals surface area contributed by atoms with Gasteiger partial charge in [0.25, 0.3) is 5.91 Å². The smallest absolute Gasteiger partial charge is 0.475 e. The van der Waals surface area contributed by atoms with E-state index < -0.39 is 12.1 Å². The molecule has 1 atom stereocenters. The van der Waals surface area contributed by atoms with E-state index >= 15 is 0 Å². The van der Waals surface area contributed by atoms with Gasteiger partial charge < -0.3 is 15.0 Å². The average Bonchev–Trinajstić information content (AvgIpc) is 3.33. The SMILES string of the molecule is Cc1nc(C(=O)N2CCCCC2c2nc3ccc(F)cc3[nH]2)cs1.O=C(O)C(F)(F)F. The van der Waals surface area contributed by atoms with E-state index in [0.29, 0.717) is 23.3 Å². The molecule has 1 aromatic carbocycles. The number of aromatic nitrogens is 3. The Morgan fingerprint density at radius 3 is 2.58 bits per heavy atom. The Bertz CT molecular complexity index is 1100. The van der Waals surface area contributed by atoms with Crippen LogP contribution in [-0.4, -0.2) is 49.6 Å². The Balaban J connectivity index is 0.000000339. The first-order valence-electron chi connectivity index (χ1n) is 9.24. The zero-order chi connectivity index (χ0) is 22.8. The summed E-state index contributed by atoms with van der Waals surface area (Å²) in [6.07, 6.45) is -2.23. The standard InChI is InChI=1S/C17H17FN4OS.C2HF3O2/c1-10-19-14(9-24-10)17(23)22-7-3-2-4-15(22)16-20-12-6-5-11(18)8-13(12)21-16;3-2(4,5)1(6)7/h5-6,8-9,15H,2-4,7H2,1H3,(H,20,21);(H,6,7). The molecule has 1 amide bonds. The summed E-state index contributed by atoms with van der Waals surface area (Å²) < 4.78 is 45.1. The first kappa shape index (κ1) is 22.7. The van der Waals surface area contributed by atoms with Gasteiger partial charge in [-0.2, -0.15) is 13.2 Å². The summed E-state index contributed by atoms with van der Waals surface area (Å²) in [6.45, 7) is 2.58. The average molecular weight is 458 g/mol. The fourth-order valence-corrected chi connectivity index (χ4v) is 3.81. The highest BCUT2D eigenvalue weighted by Gasteiger charge is 2.38. The molecule has 0 spiro atoms. The number of rotatable bonds is 2. The Morgan fingerprint density at radius 1 is 1.26 bits per heavy atom. The van der Waals surface area contributed by atoms with Crippen LogP contribution in [0.3, 0.4) is 0 Å². The molecular formula is C19H18F4N4O3S. The molecule has 7 nitrogen and oxygen atoms in total. The van der Waals surface area contributed by atoms with Crippen molar-refractivity contribution < 1.29 is 32.3 Å². The summed E-state index contributed by atoms with van der Waals surface area (Å²) in [7, 11) is 0. The summed E-state index contributed by atoms with van der Waals surface area (Å²) in [5.41, 5.74) is 1.87. The number of carbonyl (C=O) groups is 2. The third kappa shape index (κ3) is 5.37. The van der Waals surface area contributed by atoms with Gasteiger partial charge in [0, 0.05) is 11.9 Å². The molecule has 0 radical (unpaired) electrons. The van der Waals surface area contributed by atoms with Crippen molar-refractivity contribution in [2.75, 3.05) is 6.54 Å². The number of halogens is 4. The number of amides is 1. The van der Waals surface area contributed by atoms with E-state index in [0.717, 1.165) is 30.1 Å². The third-order valence-electron chi connectivity index (χ3n) is 4.62. The number of imidazole rings is 1. The van der Waals surface area contributed by atoms with E-state index in [1.807, 2.05) is 11.8 Å². The lowest BCUT2D eigenvalue weighted by Gasteiger charge is -2.34. The highest BCUT2D eigenvalue weighted by Crippen LogP contribution is 2.32. The minimum absolute atomic E-state index is 0.0595. The summed E-state index contributed by atoms with van der Waals surface area (Å²) >= 11 is 1.48. The number of carboxylic acids is 1. The third-order valence-corrected chi connectivity index (χ3v) is 5.40. The molecule has 1 saturated heterocycles. The van der Waals surface area contributed by atoms with Crippen LogP contribution in [0.15, 0.2) is 23.6 Å². The number of nitrogens with one attached hydrogen (secondary N) is 1. The fourth-order valence-electron chi connectivity index (χ4n) is 3.23. The molecule has 166 valence electrons. The topological polar surface area (TPSA) is 99.2 Å². The molecule has 12 heteroatoms. The lowest BCUT2D eigenvalue weighted by molar-refractivity contribution is -0.192. The van der Waals surface area contributed by atoms with Crippen LogP contribution in [0.5, 0.6) is 0 Å². The van der Waals surface area contributed by atoms with E-state index in [1.165, 1.54) is 23.5 Å². The molecular weight excluding hydrogens is 440 g/mol. The number of likely N-dealkylation sites (tertiary alicyclic amines) is 1. The molecule has 4 rings (SSSR count). The number of aromatic amines is 1. The second-order valence-corrected chi connectivity index (χ2v) is 7.91. The molecule has 1 fully saturated rings. The minimum Gasteiger partial charge on any atom is -0.475 e. The number of hydrogen-bond donors (Lipinski definition) is 2. The number of carboxylic acid groups (broad SMARTS) is 1. The highest BCUT2D eigenvalue weighted by atomic mass is 32.1. The van der Waals surface area contributed by atoms with Gasteiger partial charge in [0.05, 0.1) is 22.1 Å². The number of benzene rings is 1. The highest BCUT2D eigenvalue weighted by molar-refractivity contribution is 7.09. The molecule has 2 N–H and O–H groups in total. The predicted molar refractivity (Wildman–Crippen MR) is 104 cm³/mol. The number of aryl methyl sites for hydroxylation is 1. The van der Waals surface area contributed by atoms with Crippen molar-refractivity contribution in [3.8, 4) is 0 Å². The van der Waals surface area contributed by atoms with Gasteiger partial charge in [-0.1, -0.05) is 0 Å². The minimum atomic E-state index is -5.08. The second kappa shape index (κ2) is 9.00. The first-order chi connectivity index (χ1) is 14.6. The molecule has 3 heterocycles. The Morgan fingerprint density at radius 2 is 1.97 bits per heavy atom. The maximum atomic E-state index is 13.4. The Labute approximate surface area is 177 Å². The van der Waals surface area contributed by atoms with Crippen LogP contribution in [0.4, 0.5) is 17.6 Å². The Hall–Kier alpha value is -3.02. The molecule has 2 aromatic heterocycles. The zero-order valence-corrected chi connectivity index (χ0v) is 17.1. The number of alkyl halides is 3. The van der Waals surface area contributed by atoms with Crippen molar-refractivity contribution in [3.63, 3.8) is 0 Å². The van der Waals surface area contributed by atoms with E-state index in [9.17, 15) is 22.4 Å². The fraction of sp³-hybridized carbons (Fsp3) is 0.368. The van der Waals surface area contributed by atoms with Crippen LogP contribution in [0, 0.1) is 12.7 Å². The van der Waals surface area contributed by atoms with Crippen molar-refractivity contribution in [2.24, 2.45) is 0 Å². The van der Waals surface area contributed by atoms with E-state index in [-0.39, 0.29) is 17.8 Å². The Kier molecular flexibility index (Phi) is 6.58. The van der Waals surface area contributed by atoms with Crippen molar-refractivity contribution in [1.82, 2.24) is 19.9 Å². The van der Waals surface area contributed by atoms with E-state index in [4.69, 9.17) is 9.90 Å². The van der Waals surface area contributed by atoms with Gasteiger partial charge in [0.1, 0.15) is 17.3 Å². The van der Waals surface area contributed by atoms with Crippen molar-refractivity contribution in [2.45, 2.75) is 38.4 Å². The number of hydrogen-bond acceptors (Lipinski definition) is 5. The quantitative estimate of drug-likeness (QED) is 0.552. The van der Waals surface area contributed by atoms with Gasteiger partial charge in [-0.3, -0.25) is 4.79 Å². The molecule has 1 aliphatic rings. The molecule has 0 aliphatic carbocycles. The van der Waals surface area contributed by atoms with E-state index in [1.54, 1.807) is 11.4 Å². The monoisotopic (exact) mass is 458 g/mol. The van der Waals surface area contributed by atoms with Crippen molar-refractivity contribution in [3.05, 3.63) is 45.9 Å². The molecule has 1 aliphatic heterocycles. The van der Waals surface area contributed by atoms with Crippen LogP contribution < -0.4 is 0 Å². The zero-order valence-electron chi connectivity index (χ0n) is 16.2. The molecule has 31 heavy (non-hydrogen) atoms. The van der Waals surface area contributed by atoms with Crippen LogP contribution in [0.25, 0.3) is 11.0 Å². The number of H-pyrrole nitrogens is 1. The van der Waals surface area contributed by atoms with Crippen molar-refractivity contribution >= 4 is 34.2 Å². The predicted octanol–water partition coefficient (Wildman–Crippen LogP) is 4.47. The molecule has 3 aromatic rings. The summed E-state index contributed by atoms with van der Waals surface area (Å²) in [5.74, 6) is -2.40. The van der Waals surface area contributed by atoms with E-state index in [2.05, 4.69) is 15.0 Å². The lowest BCUT2D eigenvalue weighted by atomic mass is 10.0. The second-order valence-electron chi connectivity index (χ2n) is 6.85. The number of piperidine rings is 1. The van der Waals surface area contributed by atoms with Crippen LogP contribution in [0.2, 0.25) is 0 Å². The molecule has 0 bridgehead atoms.